The summed E-state index contributed by atoms with van der Waals surface area (Å²) in [6.07, 6.45) is -3.99. The average molecular weight is 195 g/mol. The second-order valence-corrected chi connectivity index (χ2v) is 2.97. The van der Waals surface area contributed by atoms with Crippen LogP contribution in [-0.4, -0.2) is 42.2 Å². The molecule has 13 heavy (non-hydrogen) atoms. The first kappa shape index (κ1) is 10.1. The van der Waals surface area contributed by atoms with Crippen molar-refractivity contribution >= 4 is 6.34 Å². The van der Waals surface area contributed by atoms with Gasteiger partial charge in [0.25, 0.3) is 0 Å². The van der Waals surface area contributed by atoms with Crippen LogP contribution in [-0.2, 0) is 0 Å². The Morgan fingerprint density at radius 2 is 2.08 bits per heavy atom. The number of hydrazone groups is 1. The van der Waals surface area contributed by atoms with Crippen molar-refractivity contribution in [2.75, 3.05) is 13.6 Å². The molecule has 1 unspecified atom stereocenters. The van der Waals surface area contributed by atoms with Crippen molar-refractivity contribution in [3.05, 3.63) is 0 Å². The van der Waals surface area contributed by atoms with Crippen LogP contribution in [0.5, 0.6) is 0 Å². The summed E-state index contributed by atoms with van der Waals surface area (Å²) in [5.41, 5.74) is 0. The predicted molar refractivity (Wildman–Crippen MR) is 43.1 cm³/mol. The maximum absolute atomic E-state index is 12.4. The lowest BCUT2D eigenvalue weighted by molar-refractivity contribution is -0.204. The van der Waals surface area contributed by atoms with Gasteiger partial charge in [0.2, 0.25) is 6.17 Å². The number of rotatable bonds is 2. The SMILES string of the molecule is CCCN1N=CN(C)C1C(F)(F)F. The molecule has 0 aromatic rings. The largest absolute Gasteiger partial charge is 0.429 e. The third-order valence-electron chi connectivity index (χ3n) is 1.80. The maximum atomic E-state index is 12.4. The zero-order valence-electron chi connectivity index (χ0n) is 7.54. The summed E-state index contributed by atoms with van der Waals surface area (Å²) in [5.74, 6) is 0. The van der Waals surface area contributed by atoms with E-state index in [2.05, 4.69) is 5.10 Å². The summed E-state index contributed by atoms with van der Waals surface area (Å²) in [4.78, 5) is 1.07. The van der Waals surface area contributed by atoms with Crippen LogP contribution in [0.3, 0.4) is 0 Å². The van der Waals surface area contributed by atoms with E-state index in [4.69, 9.17) is 0 Å². The number of hydrogen-bond acceptors (Lipinski definition) is 3. The van der Waals surface area contributed by atoms with Gasteiger partial charge in [0.15, 0.2) is 0 Å². The fourth-order valence-electron chi connectivity index (χ4n) is 1.29. The van der Waals surface area contributed by atoms with Crippen LogP contribution in [0.4, 0.5) is 13.2 Å². The minimum atomic E-state index is -4.25. The van der Waals surface area contributed by atoms with Crippen molar-refractivity contribution in [1.29, 1.82) is 0 Å². The molecule has 0 N–H and O–H groups in total. The Bertz CT molecular complexity index is 202. The molecule has 1 aliphatic heterocycles. The molecule has 1 rings (SSSR count). The van der Waals surface area contributed by atoms with Crippen LogP contribution in [0, 0.1) is 0 Å². The molecule has 0 spiro atoms. The van der Waals surface area contributed by atoms with Gasteiger partial charge in [0.1, 0.15) is 6.34 Å². The van der Waals surface area contributed by atoms with E-state index >= 15 is 0 Å². The number of halogens is 3. The van der Waals surface area contributed by atoms with E-state index < -0.39 is 12.3 Å². The molecule has 0 saturated heterocycles. The van der Waals surface area contributed by atoms with Crippen LogP contribution >= 0.6 is 0 Å². The van der Waals surface area contributed by atoms with Gasteiger partial charge < -0.3 is 4.90 Å². The number of alkyl halides is 3. The molecule has 1 heterocycles. The summed E-state index contributed by atoms with van der Waals surface area (Å²) >= 11 is 0. The van der Waals surface area contributed by atoms with Gasteiger partial charge in [-0.05, 0) is 6.42 Å². The molecular formula is C7H12F3N3. The highest BCUT2D eigenvalue weighted by Crippen LogP contribution is 2.29. The van der Waals surface area contributed by atoms with Crippen molar-refractivity contribution in [3.63, 3.8) is 0 Å². The van der Waals surface area contributed by atoms with Gasteiger partial charge in [-0.2, -0.15) is 18.3 Å². The Morgan fingerprint density at radius 3 is 2.54 bits per heavy atom. The van der Waals surface area contributed by atoms with Crippen molar-refractivity contribution in [3.8, 4) is 0 Å². The molecule has 0 radical (unpaired) electrons. The zero-order chi connectivity index (χ0) is 10.1. The second kappa shape index (κ2) is 3.43. The molecule has 1 aliphatic rings. The van der Waals surface area contributed by atoms with Gasteiger partial charge >= 0.3 is 6.18 Å². The van der Waals surface area contributed by atoms with E-state index in [1.807, 2.05) is 6.92 Å². The summed E-state index contributed by atoms with van der Waals surface area (Å²) in [7, 11) is 1.37. The molecule has 6 heteroatoms. The minimum Gasteiger partial charge on any atom is -0.335 e. The van der Waals surface area contributed by atoms with Crippen molar-refractivity contribution in [2.45, 2.75) is 25.7 Å². The fourth-order valence-corrected chi connectivity index (χ4v) is 1.29. The molecule has 0 aliphatic carbocycles. The van der Waals surface area contributed by atoms with Crippen LogP contribution < -0.4 is 0 Å². The van der Waals surface area contributed by atoms with Crippen molar-refractivity contribution in [2.24, 2.45) is 5.10 Å². The van der Waals surface area contributed by atoms with Gasteiger partial charge in [-0.15, -0.1) is 0 Å². The zero-order valence-corrected chi connectivity index (χ0v) is 7.54. The standard InChI is InChI=1S/C7H12F3N3/c1-3-4-13-6(7(8,9)10)12(2)5-11-13/h5-6H,3-4H2,1-2H3. The van der Waals surface area contributed by atoms with Crippen LogP contribution in [0.25, 0.3) is 0 Å². The molecule has 0 saturated carbocycles. The molecule has 0 bridgehead atoms. The van der Waals surface area contributed by atoms with Gasteiger partial charge in [-0.3, -0.25) is 5.01 Å². The van der Waals surface area contributed by atoms with Gasteiger partial charge in [0.05, 0.1) is 0 Å². The minimum absolute atomic E-state index is 0.324. The first-order valence-corrected chi connectivity index (χ1v) is 4.06. The van der Waals surface area contributed by atoms with Gasteiger partial charge in [-0.1, -0.05) is 6.92 Å². The summed E-state index contributed by atoms with van der Waals surface area (Å²) in [6.45, 7) is 2.15. The lowest BCUT2D eigenvalue weighted by Crippen LogP contribution is -2.48. The first-order chi connectivity index (χ1) is 5.96. The Hall–Kier alpha value is -0.940. The molecule has 1 atom stereocenters. The van der Waals surface area contributed by atoms with E-state index in [0.29, 0.717) is 13.0 Å². The van der Waals surface area contributed by atoms with E-state index in [0.717, 1.165) is 9.91 Å². The Labute approximate surface area is 74.8 Å². The summed E-state index contributed by atoms with van der Waals surface area (Å²) in [6, 6.07) is 0. The normalized spacial score (nSPS) is 23.0. The first-order valence-electron chi connectivity index (χ1n) is 4.06. The average Bonchev–Trinajstić information content (AvgIpc) is 2.31. The van der Waals surface area contributed by atoms with Crippen LogP contribution in [0.1, 0.15) is 13.3 Å². The van der Waals surface area contributed by atoms with Crippen LogP contribution in [0.15, 0.2) is 5.10 Å². The second-order valence-electron chi connectivity index (χ2n) is 2.97. The Morgan fingerprint density at radius 1 is 1.46 bits per heavy atom. The molecular weight excluding hydrogens is 183 g/mol. The van der Waals surface area contributed by atoms with E-state index in [9.17, 15) is 13.2 Å². The molecule has 0 fully saturated rings. The third-order valence-corrected chi connectivity index (χ3v) is 1.80. The molecule has 3 nitrogen and oxygen atoms in total. The lowest BCUT2D eigenvalue weighted by atomic mass is 10.4. The van der Waals surface area contributed by atoms with Gasteiger partial charge in [-0.25, -0.2) is 0 Å². The molecule has 0 aromatic heterocycles. The van der Waals surface area contributed by atoms with E-state index in [1.165, 1.54) is 13.4 Å². The highest BCUT2D eigenvalue weighted by molar-refractivity contribution is 5.56. The molecule has 0 amide bonds. The maximum Gasteiger partial charge on any atom is 0.429 e. The summed E-state index contributed by atoms with van der Waals surface area (Å²) in [5, 5.41) is 4.72. The number of hydrogen-bond donors (Lipinski definition) is 0. The fraction of sp³-hybridized carbons (Fsp3) is 0.857. The van der Waals surface area contributed by atoms with Crippen LogP contribution in [0.2, 0.25) is 0 Å². The Kier molecular flexibility index (Phi) is 2.68. The highest BCUT2D eigenvalue weighted by atomic mass is 19.4. The van der Waals surface area contributed by atoms with Gasteiger partial charge in [0, 0.05) is 13.6 Å². The Balaban J connectivity index is 2.70. The van der Waals surface area contributed by atoms with Crippen molar-refractivity contribution in [1.82, 2.24) is 9.91 Å². The monoisotopic (exact) mass is 195 g/mol. The quantitative estimate of drug-likeness (QED) is 0.664. The highest BCUT2D eigenvalue weighted by Gasteiger charge is 2.47. The lowest BCUT2D eigenvalue weighted by Gasteiger charge is -2.29. The third kappa shape index (κ3) is 2.05. The molecule has 76 valence electrons. The smallest absolute Gasteiger partial charge is 0.335 e. The van der Waals surface area contributed by atoms with E-state index in [1.54, 1.807) is 0 Å². The number of nitrogens with zero attached hydrogens (tertiary/aromatic N) is 3. The van der Waals surface area contributed by atoms with Crippen molar-refractivity contribution < 1.29 is 13.2 Å². The predicted octanol–water partition coefficient (Wildman–Crippen LogP) is 1.48. The molecule has 0 aromatic carbocycles. The summed E-state index contributed by atoms with van der Waals surface area (Å²) < 4.78 is 37.3. The van der Waals surface area contributed by atoms with E-state index in [-0.39, 0.29) is 0 Å². The topological polar surface area (TPSA) is 18.8 Å².